The molecule has 1 aromatic rings. The second kappa shape index (κ2) is 6.23. The highest BCUT2D eigenvalue weighted by Crippen LogP contribution is 2.35. The molecule has 1 fully saturated rings. The third kappa shape index (κ3) is 3.11. The third-order valence-corrected chi connectivity index (χ3v) is 5.47. The Labute approximate surface area is 121 Å². The Bertz CT molecular complexity index is 416. The molecule has 3 atom stereocenters. The van der Waals surface area contributed by atoms with Gasteiger partial charge in [0, 0.05) is 24.0 Å². The lowest BCUT2D eigenvalue weighted by atomic mass is 9.96. The summed E-state index contributed by atoms with van der Waals surface area (Å²) < 4.78 is 0. The minimum Gasteiger partial charge on any atom is -0.345 e. The maximum absolute atomic E-state index is 5.90. The van der Waals surface area contributed by atoms with Crippen molar-refractivity contribution in [3.63, 3.8) is 0 Å². The van der Waals surface area contributed by atoms with Gasteiger partial charge in [-0.1, -0.05) is 20.8 Å². The molecule has 2 heterocycles. The quantitative estimate of drug-likeness (QED) is 0.914. The van der Waals surface area contributed by atoms with Crippen LogP contribution in [0.4, 0.5) is 5.13 Å². The zero-order valence-corrected chi connectivity index (χ0v) is 13.5. The van der Waals surface area contributed by atoms with Crippen LogP contribution in [0.1, 0.15) is 63.4 Å². The highest BCUT2D eigenvalue weighted by Gasteiger charge is 2.26. The van der Waals surface area contributed by atoms with E-state index in [-0.39, 0.29) is 0 Å². The fourth-order valence-electron chi connectivity index (χ4n) is 2.75. The first-order valence-electron chi connectivity index (χ1n) is 7.53. The molecule has 3 unspecified atom stereocenters. The van der Waals surface area contributed by atoms with E-state index in [1.54, 1.807) is 11.3 Å². The van der Waals surface area contributed by atoms with Gasteiger partial charge in [0.15, 0.2) is 5.13 Å². The summed E-state index contributed by atoms with van der Waals surface area (Å²) in [6.07, 6.45) is 3.74. The largest absolute Gasteiger partial charge is 0.345 e. The summed E-state index contributed by atoms with van der Waals surface area (Å²) in [6.45, 7) is 10.9. The monoisotopic (exact) mass is 281 g/mol. The number of hydrogen-bond acceptors (Lipinski definition) is 4. The number of hydrogen-bond donors (Lipinski definition) is 1. The lowest BCUT2D eigenvalue weighted by molar-refractivity contribution is 0.390. The van der Waals surface area contributed by atoms with Crippen LogP contribution in [0.2, 0.25) is 0 Å². The van der Waals surface area contributed by atoms with Crippen molar-refractivity contribution in [3.05, 3.63) is 10.6 Å². The van der Waals surface area contributed by atoms with Crippen LogP contribution < -0.4 is 10.6 Å². The SMILES string of the molecule is CCC(C)c1nc(N2CC(C)CCC2C)sc1CN. The Morgan fingerprint density at radius 3 is 2.79 bits per heavy atom. The van der Waals surface area contributed by atoms with E-state index < -0.39 is 0 Å². The van der Waals surface area contributed by atoms with Crippen molar-refractivity contribution in [2.75, 3.05) is 11.4 Å². The molecule has 1 aliphatic rings. The molecule has 3 nitrogen and oxygen atoms in total. The maximum atomic E-state index is 5.90. The molecular formula is C15H27N3S. The minimum atomic E-state index is 0.515. The van der Waals surface area contributed by atoms with Gasteiger partial charge < -0.3 is 10.6 Å². The Morgan fingerprint density at radius 2 is 2.16 bits per heavy atom. The topological polar surface area (TPSA) is 42.2 Å². The lowest BCUT2D eigenvalue weighted by Crippen LogP contribution is -2.41. The van der Waals surface area contributed by atoms with Crippen molar-refractivity contribution in [1.82, 2.24) is 4.98 Å². The molecule has 0 aromatic carbocycles. The van der Waals surface area contributed by atoms with Gasteiger partial charge in [0.25, 0.3) is 0 Å². The van der Waals surface area contributed by atoms with Crippen LogP contribution in [0.15, 0.2) is 0 Å². The van der Waals surface area contributed by atoms with Gasteiger partial charge in [-0.3, -0.25) is 0 Å². The van der Waals surface area contributed by atoms with Crippen LogP contribution in [0.3, 0.4) is 0 Å². The van der Waals surface area contributed by atoms with Crippen molar-refractivity contribution in [3.8, 4) is 0 Å². The van der Waals surface area contributed by atoms with Crippen LogP contribution in [0, 0.1) is 5.92 Å². The van der Waals surface area contributed by atoms with Gasteiger partial charge in [0.05, 0.1) is 5.69 Å². The first-order chi connectivity index (χ1) is 9.06. The summed E-state index contributed by atoms with van der Waals surface area (Å²) in [4.78, 5) is 8.69. The van der Waals surface area contributed by atoms with E-state index >= 15 is 0 Å². The van der Waals surface area contributed by atoms with Crippen molar-refractivity contribution in [1.29, 1.82) is 0 Å². The van der Waals surface area contributed by atoms with Crippen LogP contribution >= 0.6 is 11.3 Å². The summed E-state index contributed by atoms with van der Waals surface area (Å²) in [6, 6.07) is 0.609. The molecule has 108 valence electrons. The van der Waals surface area contributed by atoms with Crippen LogP contribution in [0.25, 0.3) is 0 Å². The smallest absolute Gasteiger partial charge is 0.186 e. The lowest BCUT2D eigenvalue weighted by Gasteiger charge is -2.36. The Kier molecular flexibility index (Phi) is 4.85. The standard InChI is InChI=1S/C15H27N3S/c1-5-11(3)14-13(8-16)19-15(17-14)18-9-10(2)6-7-12(18)4/h10-12H,5-9,16H2,1-4H3. The van der Waals surface area contributed by atoms with E-state index in [9.17, 15) is 0 Å². The Morgan fingerprint density at radius 1 is 1.42 bits per heavy atom. The highest BCUT2D eigenvalue weighted by molar-refractivity contribution is 7.15. The van der Waals surface area contributed by atoms with Gasteiger partial charge in [0.2, 0.25) is 0 Å². The number of nitrogens with two attached hydrogens (primary N) is 1. The minimum absolute atomic E-state index is 0.515. The number of piperidine rings is 1. The van der Waals surface area contributed by atoms with Gasteiger partial charge in [-0.2, -0.15) is 0 Å². The van der Waals surface area contributed by atoms with E-state index in [1.807, 2.05) is 0 Å². The normalized spacial score (nSPS) is 25.6. The van der Waals surface area contributed by atoms with Crippen LogP contribution in [-0.2, 0) is 6.54 Å². The van der Waals surface area contributed by atoms with E-state index in [4.69, 9.17) is 10.7 Å². The number of nitrogens with zero attached hydrogens (tertiary/aromatic N) is 2. The molecule has 1 aromatic heterocycles. The number of rotatable bonds is 4. The molecule has 0 bridgehead atoms. The Hall–Kier alpha value is -0.610. The molecule has 1 saturated heterocycles. The molecule has 0 spiro atoms. The highest BCUT2D eigenvalue weighted by atomic mass is 32.1. The summed E-state index contributed by atoms with van der Waals surface area (Å²) in [5, 5.41) is 1.19. The number of aromatic nitrogens is 1. The summed E-state index contributed by atoms with van der Waals surface area (Å²) in [5.41, 5.74) is 7.13. The first-order valence-corrected chi connectivity index (χ1v) is 8.34. The fraction of sp³-hybridized carbons (Fsp3) is 0.800. The molecule has 1 aliphatic heterocycles. The summed E-state index contributed by atoms with van der Waals surface area (Å²) in [5.74, 6) is 1.29. The van der Waals surface area contributed by atoms with Crippen molar-refractivity contribution < 1.29 is 0 Å². The van der Waals surface area contributed by atoms with Crippen molar-refractivity contribution in [2.24, 2.45) is 11.7 Å². The molecule has 4 heteroatoms. The van der Waals surface area contributed by atoms with Gasteiger partial charge in [-0.25, -0.2) is 4.98 Å². The fourth-order valence-corrected chi connectivity index (χ4v) is 3.92. The molecule has 2 rings (SSSR count). The Balaban J connectivity index is 2.26. The van der Waals surface area contributed by atoms with Gasteiger partial charge in [0.1, 0.15) is 0 Å². The van der Waals surface area contributed by atoms with E-state index in [2.05, 4.69) is 32.6 Å². The molecule has 2 N–H and O–H groups in total. The molecule has 0 amide bonds. The zero-order valence-electron chi connectivity index (χ0n) is 12.6. The van der Waals surface area contributed by atoms with Crippen LogP contribution in [-0.4, -0.2) is 17.6 Å². The maximum Gasteiger partial charge on any atom is 0.186 e. The average molecular weight is 281 g/mol. The van der Waals surface area contributed by atoms with Crippen molar-refractivity contribution in [2.45, 2.75) is 65.5 Å². The summed E-state index contributed by atoms with van der Waals surface area (Å²) >= 11 is 1.81. The van der Waals surface area contributed by atoms with Crippen LogP contribution in [0.5, 0.6) is 0 Å². The van der Waals surface area contributed by atoms with E-state index in [0.717, 1.165) is 18.9 Å². The van der Waals surface area contributed by atoms with Crippen molar-refractivity contribution >= 4 is 16.5 Å². The number of thiazole rings is 1. The van der Waals surface area contributed by atoms with E-state index in [0.29, 0.717) is 18.5 Å². The zero-order chi connectivity index (χ0) is 14.0. The summed E-state index contributed by atoms with van der Waals surface area (Å²) in [7, 11) is 0. The second-order valence-electron chi connectivity index (χ2n) is 6.00. The molecular weight excluding hydrogens is 254 g/mol. The second-order valence-corrected chi connectivity index (χ2v) is 7.06. The predicted molar refractivity (Wildman–Crippen MR) is 83.9 cm³/mol. The molecule has 0 aliphatic carbocycles. The first kappa shape index (κ1) is 14.8. The molecule has 0 saturated carbocycles. The number of anilines is 1. The van der Waals surface area contributed by atoms with E-state index in [1.165, 1.54) is 28.5 Å². The molecule has 0 radical (unpaired) electrons. The average Bonchev–Trinajstić information content (AvgIpc) is 2.84. The predicted octanol–water partition coefficient (Wildman–Crippen LogP) is 3.74. The van der Waals surface area contributed by atoms with Gasteiger partial charge in [-0.05, 0) is 38.0 Å². The van der Waals surface area contributed by atoms with Gasteiger partial charge >= 0.3 is 0 Å². The molecule has 19 heavy (non-hydrogen) atoms. The third-order valence-electron chi connectivity index (χ3n) is 4.34. The van der Waals surface area contributed by atoms with Gasteiger partial charge in [-0.15, -0.1) is 11.3 Å².